The highest BCUT2D eigenvalue weighted by molar-refractivity contribution is 5.95. The van der Waals surface area contributed by atoms with Crippen LogP contribution in [-0.4, -0.2) is 36.2 Å². The van der Waals surface area contributed by atoms with E-state index in [9.17, 15) is 9.59 Å². The summed E-state index contributed by atoms with van der Waals surface area (Å²) in [6, 6.07) is 19.3. The Bertz CT molecular complexity index is 687. The van der Waals surface area contributed by atoms with E-state index in [0.717, 1.165) is 16.0 Å². The number of amides is 2. The molecule has 2 amide bonds. The Balaban J connectivity index is 1.72. The molecule has 1 aliphatic heterocycles. The van der Waals surface area contributed by atoms with Crippen molar-refractivity contribution in [1.82, 2.24) is 4.90 Å². The quantitative estimate of drug-likeness (QED) is 0.819. The van der Waals surface area contributed by atoms with Crippen molar-refractivity contribution in [2.45, 2.75) is 19.1 Å². The van der Waals surface area contributed by atoms with E-state index in [1.165, 1.54) is 0 Å². The van der Waals surface area contributed by atoms with E-state index in [0.29, 0.717) is 13.0 Å². The Morgan fingerprint density at radius 2 is 1.67 bits per heavy atom. The van der Waals surface area contributed by atoms with Crippen molar-refractivity contribution in [1.29, 1.82) is 0 Å². The van der Waals surface area contributed by atoms with Gasteiger partial charge in [-0.25, -0.2) is 9.69 Å². The zero-order chi connectivity index (χ0) is 16.8. The highest BCUT2D eigenvalue weighted by Gasteiger charge is 2.34. The molecule has 2 aromatic rings. The molecule has 5 heteroatoms. The molecular weight excluding hydrogens is 306 g/mol. The summed E-state index contributed by atoms with van der Waals surface area (Å²) in [5.41, 5.74) is 1.96. The molecule has 0 radical (unpaired) electrons. The van der Waals surface area contributed by atoms with Crippen LogP contribution in [0.15, 0.2) is 60.7 Å². The second-order valence-electron chi connectivity index (χ2n) is 5.58. The van der Waals surface area contributed by atoms with Gasteiger partial charge in [0, 0.05) is 6.42 Å². The number of imide groups is 1. The molecule has 124 valence electrons. The molecule has 3 rings (SSSR count). The highest BCUT2D eigenvalue weighted by Crippen LogP contribution is 2.14. The minimum absolute atomic E-state index is 0.237. The summed E-state index contributed by atoms with van der Waals surface area (Å²) < 4.78 is 10.7. The lowest BCUT2D eigenvalue weighted by atomic mass is 10.1. The highest BCUT2D eigenvalue weighted by atomic mass is 16.6. The van der Waals surface area contributed by atoms with E-state index in [1.54, 1.807) is 0 Å². The van der Waals surface area contributed by atoms with Crippen molar-refractivity contribution < 1.29 is 19.1 Å². The summed E-state index contributed by atoms with van der Waals surface area (Å²) in [7, 11) is 0. The molecule has 0 aliphatic carbocycles. The van der Waals surface area contributed by atoms with Crippen LogP contribution in [0.2, 0.25) is 0 Å². The second kappa shape index (κ2) is 7.75. The Morgan fingerprint density at radius 1 is 1.04 bits per heavy atom. The average Bonchev–Trinajstić information content (AvgIpc) is 3.06. The maximum atomic E-state index is 12.7. The van der Waals surface area contributed by atoms with E-state index < -0.39 is 12.2 Å². The summed E-state index contributed by atoms with van der Waals surface area (Å²) in [4.78, 5) is 25.5. The van der Waals surface area contributed by atoms with Crippen molar-refractivity contribution in [3.63, 3.8) is 0 Å². The van der Waals surface area contributed by atoms with Crippen LogP contribution in [0.1, 0.15) is 11.1 Å². The zero-order valence-corrected chi connectivity index (χ0v) is 13.3. The molecule has 2 aromatic carbocycles. The first kappa shape index (κ1) is 16.2. The summed E-state index contributed by atoms with van der Waals surface area (Å²) in [5, 5.41) is 0. The number of ether oxygens (including phenoxy) is 2. The van der Waals surface area contributed by atoms with Gasteiger partial charge in [-0.2, -0.15) is 0 Å². The second-order valence-corrected chi connectivity index (χ2v) is 5.58. The number of carbonyl (C=O) groups is 2. The molecule has 5 nitrogen and oxygen atoms in total. The van der Waals surface area contributed by atoms with Gasteiger partial charge in [0.25, 0.3) is 5.91 Å². The lowest BCUT2D eigenvalue weighted by Crippen LogP contribution is -2.42. The summed E-state index contributed by atoms with van der Waals surface area (Å²) >= 11 is 0. The number of cyclic esters (lactones) is 1. The third-order valence-electron chi connectivity index (χ3n) is 3.86. The number of rotatable bonds is 6. The van der Waals surface area contributed by atoms with Crippen LogP contribution in [-0.2, 0) is 27.3 Å². The molecule has 1 aliphatic rings. The lowest BCUT2D eigenvalue weighted by Gasteiger charge is -2.21. The van der Waals surface area contributed by atoms with Gasteiger partial charge < -0.3 is 9.47 Å². The third kappa shape index (κ3) is 4.00. The smallest absolute Gasteiger partial charge is 0.416 e. The topological polar surface area (TPSA) is 55.8 Å². The lowest BCUT2D eigenvalue weighted by molar-refractivity contribution is -0.140. The third-order valence-corrected chi connectivity index (χ3v) is 3.86. The van der Waals surface area contributed by atoms with Crippen LogP contribution in [0.4, 0.5) is 4.79 Å². The minimum atomic E-state index is -0.724. The molecule has 0 spiro atoms. The molecule has 24 heavy (non-hydrogen) atoms. The molecule has 0 N–H and O–H groups in total. The van der Waals surface area contributed by atoms with Crippen LogP contribution in [0.3, 0.4) is 0 Å². The van der Waals surface area contributed by atoms with Crippen molar-refractivity contribution in [3.8, 4) is 0 Å². The summed E-state index contributed by atoms with van der Waals surface area (Å²) in [6.07, 6.45) is -0.907. The van der Waals surface area contributed by atoms with Crippen LogP contribution >= 0.6 is 0 Å². The zero-order valence-electron chi connectivity index (χ0n) is 13.3. The molecule has 0 saturated carbocycles. The Labute approximate surface area is 140 Å². The fourth-order valence-electron chi connectivity index (χ4n) is 2.58. The van der Waals surface area contributed by atoms with Gasteiger partial charge in [-0.3, -0.25) is 4.79 Å². The first-order valence-electron chi connectivity index (χ1n) is 7.91. The van der Waals surface area contributed by atoms with Crippen molar-refractivity contribution in [2.75, 3.05) is 13.2 Å². The normalized spacial score (nSPS) is 15.2. The predicted octanol–water partition coefficient (Wildman–Crippen LogP) is 2.79. The number of nitrogens with zero attached hydrogens (tertiary/aromatic N) is 1. The van der Waals surface area contributed by atoms with Gasteiger partial charge >= 0.3 is 6.09 Å². The largest absolute Gasteiger partial charge is 0.447 e. The van der Waals surface area contributed by atoms with Gasteiger partial charge in [0.1, 0.15) is 12.7 Å². The van der Waals surface area contributed by atoms with Crippen LogP contribution in [0, 0.1) is 0 Å². The van der Waals surface area contributed by atoms with Gasteiger partial charge in [-0.05, 0) is 11.1 Å². The first-order valence-corrected chi connectivity index (χ1v) is 7.91. The standard InChI is InChI=1S/C19H19NO4/c21-18(20-11-12-23-19(20)22)17(13-15-7-3-1-4-8-15)24-14-16-9-5-2-6-10-16/h1-10,17H,11-14H2. The monoisotopic (exact) mass is 325 g/mol. The van der Waals surface area contributed by atoms with E-state index in [1.807, 2.05) is 60.7 Å². The van der Waals surface area contributed by atoms with Gasteiger partial charge in [-0.15, -0.1) is 0 Å². The maximum absolute atomic E-state index is 12.7. The van der Waals surface area contributed by atoms with E-state index in [2.05, 4.69) is 0 Å². The molecule has 1 saturated heterocycles. The van der Waals surface area contributed by atoms with Gasteiger partial charge in [-0.1, -0.05) is 60.7 Å². The van der Waals surface area contributed by atoms with Gasteiger partial charge in [0.15, 0.2) is 0 Å². The summed E-state index contributed by atoms with van der Waals surface area (Å²) in [6.45, 7) is 0.825. The molecular formula is C19H19NO4. The average molecular weight is 325 g/mol. The van der Waals surface area contributed by atoms with E-state index in [4.69, 9.17) is 9.47 Å². The number of benzene rings is 2. The maximum Gasteiger partial charge on any atom is 0.416 e. The Kier molecular flexibility index (Phi) is 5.23. The molecule has 1 unspecified atom stereocenters. The van der Waals surface area contributed by atoms with E-state index in [-0.39, 0.29) is 19.1 Å². The van der Waals surface area contributed by atoms with Crippen LogP contribution in [0.25, 0.3) is 0 Å². The van der Waals surface area contributed by atoms with Crippen molar-refractivity contribution in [3.05, 3.63) is 71.8 Å². The van der Waals surface area contributed by atoms with Crippen molar-refractivity contribution >= 4 is 12.0 Å². The first-order chi connectivity index (χ1) is 11.7. The van der Waals surface area contributed by atoms with Crippen molar-refractivity contribution in [2.24, 2.45) is 0 Å². The molecule has 1 fully saturated rings. The Hall–Kier alpha value is -2.66. The van der Waals surface area contributed by atoms with E-state index >= 15 is 0 Å². The van der Waals surface area contributed by atoms with Crippen LogP contribution in [0.5, 0.6) is 0 Å². The SMILES string of the molecule is O=C1OCCN1C(=O)C(Cc1ccccc1)OCc1ccccc1. The Morgan fingerprint density at radius 3 is 2.25 bits per heavy atom. The fraction of sp³-hybridized carbons (Fsp3) is 0.263. The molecule has 0 bridgehead atoms. The van der Waals surface area contributed by atoms with Gasteiger partial charge in [0.05, 0.1) is 13.2 Å². The van der Waals surface area contributed by atoms with Gasteiger partial charge in [0.2, 0.25) is 0 Å². The number of hydrogen-bond donors (Lipinski definition) is 0. The molecule has 1 heterocycles. The van der Waals surface area contributed by atoms with Crippen LogP contribution < -0.4 is 0 Å². The molecule has 1 atom stereocenters. The number of hydrogen-bond acceptors (Lipinski definition) is 4. The minimum Gasteiger partial charge on any atom is -0.447 e. The summed E-state index contributed by atoms with van der Waals surface area (Å²) in [5.74, 6) is -0.350. The molecule has 0 aromatic heterocycles. The number of carbonyl (C=O) groups excluding carboxylic acids is 2. The predicted molar refractivity (Wildman–Crippen MR) is 88.2 cm³/mol. The fourth-order valence-corrected chi connectivity index (χ4v) is 2.58.